The van der Waals surface area contributed by atoms with Crippen LogP contribution in [0.3, 0.4) is 0 Å². The van der Waals surface area contributed by atoms with Gasteiger partial charge in [-0.2, -0.15) is 13.2 Å². The van der Waals surface area contributed by atoms with Crippen LogP contribution in [0.2, 0.25) is 0 Å². The highest BCUT2D eigenvalue weighted by Gasteiger charge is 2.48. The third-order valence-electron chi connectivity index (χ3n) is 7.23. The Morgan fingerprint density at radius 3 is 2.18 bits per heavy atom. The van der Waals surface area contributed by atoms with Crippen molar-refractivity contribution in [3.05, 3.63) is 48.5 Å². The predicted molar refractivity (Wildman–Crippen MR) is 147 cm³/mol. The molecule has 0 spiro atoms. The number of para-hydroxylation sites is 1. The number of hydrogen-bond acceptors (Lipinski definition) is 7. The van der Waals surface area contributed by atoms with Crippen molar-refractivity contribution in [2.75, 3.05) is 24.2 Å². The van der Waals surface area contributed by atoms with Crippen LogP contribution in [-0.2, 0) is 19.9 Å². The third kappa shape index (κ3) is 7.90. The zero-order valence-corrected chi connectivity index (χ0v) is 23.9. The van der Waals surface area contributed by atoms with Crippen LogP contribution < -0.4 is 10.5 Å². The fourth-order valence-electron chi connectivity index (χ4n) is 5.06. The minimum atomic E-state index is -5.85. The van der Waals surface area contributed by atoms with Crippen molar-refractivity contribution in [3.8, 4) is 0 Å². The molecule has 2 aliphatic carbocycles. The van der Waals surface area contributed by atoms with Crippen molar-refractivity contribution < 1.29 is 30.0 Å². The molecule has 3 N–H and O–H groups in total. The fourth-order valence-corrected chi connectivity index (χ4v) is 7.79. The van der Waals surface area contributed by atoms with Crippen LogP contribution >= 0.6 is 11.8 Å². The SMILES string of the molecule is NS(=O)(=O)c1cccc(S(=O)(=O)C(F)(F)F)c1N[C@H](CCN(CC1CCCC1)C1CC1)CSc1ccccc1. The standard InChI is InChI=1S/C26H34F3N3O4S3/c27-26(28,29)38(33,34)23-11-6-12-24(39(30,35)36)25(23)31-20(18-37-22-9-2-1-3-10-22)15-16-32(21-13-14-21)17-19-7-4-5-8-19/h1-3,6,9-12,19-21,31H,4-5,7-8,13-18H2,(H2,30,35,36)/t20-/m1/s1. The number of nitrogens with zero attached hydrogens (tertiary/aromatic N) is 1. The quantitative estimate of drug-likeness (QED) is 0.301. The first kappa shape index (κ1) is 30.2. The number of nitrogens with two attached hydrogens (primary N) is 1. The number of thioether (sulfide) groups is 1. The Hall–Kier alpha value is -1.80. The van der Waals surface area contributed by atoms with Crippen LogP contribution in [0.15, 0.2) is 63.2 Å². The third-order valence-corrected chi connectivity index (χ3v) is 10.9. The number of nitrogens with one attached hydrogen (secondary N) is 1. The summed E-state index contributed by atoms with van der Waals surface area (Å²) in [6, 6.07) is 12.1. The summed E-state index contributed by atoms with van der Waals surface area (Å²) in [7, 11) is -10.4. The molecule has 0 aromatic heterocycles. The van der Waals surface area contributed by atoms with E-state index in [2.05, 4.69) is 10.2 Å². The van der Waals surface area contributed by atoms with Gasteiger partial charge in [0.05, 0.1) is 5.69 Å². The Morgan fingerprint density at radius 1 is 0.949 bits per heavy atom. The number of primary sulfonamides is 1. The molecular weight excluding hydrogens is 571 g/mol. The summed E-state index contributed by atoms with van der Waals surface area (Å²) in [6.45, 7) is 1.62. The minimum absolute atomic E-state index is 0.371. The second kappa shape index (κ2) is 12.4. The van der Waals surface area contributed by atoms with Gasteiger partial charge in [-0.05, 0) is 62.3 Å². The van der Waals surface area contributed by atoms with E-state index in [4.69, 9.17) is 5.14 Å². The zero-order valence-electron chi connectivity index (χ0n) is 21.4. The highest BCUT2D eigenvalue weighted by atomic mass is 32.2. The van der Waals surface area contributed by atoms with Crippen LogP contribution in [0.4, 0.5) is 18.9 Å². The van der Waals surface area contributed by atoms with Crippen LogP contribution in [0, 0.1) is 5.92 Å². The molecule has 216 valence electrons. The zero-order chi connectivity index (χ0) is 28.3. The molecule has 0 unspecified atom stereocenters. The lowest BCUT2D eigenvalue weighted by Crippen LogP contribution is -2.36. The summed E-state index contributed by atoms with van der Waals surface area (Å²) in [4.78, 5) is 1.52. The number of hydrogen-bond donors (Lipinski definition) is 2. The Kier molecular flexibility index (Phi) is 9.57. The average Bonchev–Trinajstić information content (AvgIpc) is 3.59. The number of sulfone groups is 1. The second-order valence-electron chi connectivity index (χ2n) is 10.3. The molecule has 0 radical (unpaired) electrons. The molecule has 0 saturated heterocycles. The van der Waals surface area contributed by atoms with Crippen LogP contribution in [0.5, 0.6) is 0 Å². The van der Waals surface area contributed by atoms with Crippen LogP contribution in [0.25, 0.3) is 0 Å². The predicted octanol–water partition coefficient (Wildman–Crippen LogP) is 5.25. The first-order valence-electron chi connectivity index (χ1n) is 13.0. The molecule has 2 aromatic carbocycles. The summed E-state index contributed by atoms with van der Waals surface area (Å²) in [6.07, 6.45) is 7.51. The molecular formula is C26H34F3N3O4S3. The lowest BCUT2D eigenvalue weighted by atomic mass is 10.1. The molecule has 2 aliphatic rings. The number of anilines is 1. The number of benzene rings is 2. The molecule has 1 atom stereocenters. The average molecular weight is 606 g/mol. The summed E-state index contributed by atoms with van der Waals surface area (Å²) in [5.41, 5.74) is -6.25. The largest absolute Gasteiger partial charge is 0.501 e. The maximum atomic E-state index is 13.6. The van der Waals surface area contributed by atoms with E-state index in [1.807, 2.05) is 30.3 Å². The molecule has 2 fully saturated rings. The van der Waals surface area contributed by atoms with Gasteiger partial charge in [0.2, 0.25) is 10.0 Å². The Balaban J connectivity index is 1.64. The Labute approximate surface area is 232 Å². The number of alkyl halides is 3. The Morgan fingerprint density at radius 2 is 1.59 bits per heavy atom. The van der Waals surface area contributed by atoms with Gasteiger partial charge in [0, 0.05) is 35.8 Å². The number of rotatable bonds is 13. The minimum Gasteiger partial charge on any atom is -0.379 e. The molecule has 2 saturated carbocycles. The van der Waals surface area contributed by atoms with E-state index in [-0.39, 0.29) is 0 Å². The van der Waals surface area contributed by atoms with E-state index >= 15 is 0 Å². The summed E-state index contributed by atoms with van der Waals surface area (Å²) in [5.74, 6) is 0.999. The molecule has 13 heteroatoms. The first-order chi connectivity index (χ1) is 18.4. The summed E-state index contributed by atoms with van der Waals surface area (Å²) >= 11 is 1.46. The van der Waals surface area contributed by atoms with Gasteiger partial charge in [-0.25, -0.2) is 22.0 Å². The molecule has 0 heterocycles. The van der Waals surface area contributed by atoms with Crippen molar-refractivity contribution in [1.29, 1.82) is 0 Å². The van der Waals surface area contributed by atoms with Crippen molar-refractivity contribution >= 4 is 37.3 Å². The molecule has 39 heavy (non-hydrogen) atoms. The van der Waals surface area contributed by atoms with E-state index in [0.29, 0.717) is 30.7 Å². The summed E-state index contributed by atoms with van der Waals surface area (Å²) < 4.78 is 90.3. The van der Waals surface area contributed by atoms with E-state index in [9.17, 15) is 30.0 Å². The smallest absolute Gasteiger partial charge is 0.379 e. The monoisotopic (exact) mass is 605 g/mol. The van der Waals surface area contributed by atoms with Crippen molar-refractivity contribution in [3.63, 3.8) is 0 Å². The maximum absolute atomic E-state index is 13.6. The van der Waals surface area contributed by atoms with Crippen molar-refractivity contribution in [2.24, 2.45) is 11.1 Å². The molecule has 0 aliphatic heterocycles. The van der Waals surface area contributed by atoms with Gasteiger partial charge in [0.25, 0.3) is 9.84 Å². The molecule has 4 rings (SSSR count). The summed E-state index contributed by atoms with van der Waals surface area (Å²) in [5, 5.41) is 8.22. The van der Waals surface area contributed by atoms with Gasteiger partial charge < -0.3 is 10.2 Å². The van der Waals surface area contributed by atoms with Crippen LogP contribution in [-0.4, -0.2) is 58.2 Å². The van der Waals surface area contributed by atoms with Crippen molar-refractivity contribution in [2.45, 2.75) is 77.2 Å². The van der Waals surface area contributed by atoms with E-state index < -0.39 is 46.9 Å². The number of halogens is 3. The highest BCUT2D eigenvalue weighted by Crippen LogP contribution is 2.38. The van der Waals surface area contributed by atoms with Gasteiger partial charge in [-0.1, -0.05) is 37.1 Å². The second-order valence-corrected chi connectivity index (χ2v) is 14.8. The van der Waals surface area contributed by atoms with Gasteiger partial charge >= 0.3 is 5.51 Å². The van der Waals surface area contributed by atoms with Crippen molar-refractivity contribution in [1.82, 2.24) is 4.90 Å². The van der Waals surface area contributed by atoms with Gasteiger partial charge in [-0.15, -0.1) is 11.8 Å². The molecule has 0 amide bonds. The first-order valence-corrected chi connectivity index (χ1v) is 17.0. The van der Waals surface area contributed by atoms with Gasteiger partial charge in [0.1, 0.15) is 9.79 Å². The lowest BCUT2D eigenvalue weighted by Gasteiger charge is -2.29. The fraction of sp³-hybridized carbons (Fsp3) is 0.538. The van der Waals surface area contributed by atoms with Gasteiger partial charge in [-0.3, -0.25) is 0 Å². The Bertz CT molecular complexity index is 1330. The molecule has 7 nitrogen and oxygen atoms in total. The van der Waals surface area contributed by atoms with E-state index in [1.54, 1.807) is 0 Å². The lowest BCUT2D eigenvalue weighted by molar-refractivity contribution is -0.0435. The van der Waals surface area contributed by atoms with Gasteiger partial charge in [0.15, 0.2) is 0 Å². The molecule has 0 bridgehead atoms. The van der Waals surface area contributed by atoms with E-state index in [1.165, 1.54) is 37.4 Å². The highest BCUT2D eigenvalue weighted by molar-refractivity contribution is 7.99. The number of sulfonamides is 1. The topological polar surface area (TPSA) is 110 Å². The molecule has 2 aromatic rings. The maximum Gasteiger partial charge on any atom is 0.501 e. The normalized spacial score (nSPS) is 18.0. The van der Waals surface area contributed by atoms with Crippen LogP contribution in [0.1, 0.15) is 44.9 Å². The van der Waals surface area contributed by atoms with E-state index in [0.717, 1.165) is 42.5 Å².